The fourth-order valence-electron chi connectivity index (χ4n) is 2.19. The van der Waals surface area contributed by atoms with E-state index >= 15 is 0 Å². The highest BCUT2D eigenvalue weighted by Gasteiger charge is 2.07. The molecule has 3 aromatic heterocycles. The van der Waals surface area contributed by atoms with Gasteiger partial charge in [-0.05, 0) is 24.3 Å². The van der Waals surface area contributed by atoms with Gasteiger partial charge in [0.05, 0.1) is 12.0 Å². The van der Waals surface area contributed by atoms with E-state index in [-0.39, 0.29) is 0 Å². The van der Waals surface area contributed by atoms with Crippen LogP contribution in [0.1, 0.15) is 5.69 Å². The SMILES string of the molecule is c1ccc(-c2nc(CSc3ccc(-c4ccco4)nn3)cs2)cc1. The summed E-state index contributed by atoms with van der Waals surface area (Å²) in [6, 6.07) is 17.8. The zero-order valence-corrected chi connectivity index (χ0v) is 14.3. The van der Waals surface area contributed by atoms with Gasteiger partial charge in [0.2, 0.25) is 0 Å². The van der Waals surface area contributed by atoms with Crippen LogP contribution in [0.2, 0.25) is 0 Å². The van der Waals surface area contributed by atoms with E-state index in [9.17, 15) is 0 Å². The fraction of sp³-hybridized carbons (Fsp3) is 0.0556. The number of thioether (sulfide) groups is 1. The first-order valence-corrected chi connectivity index (χ1v) is 9.25. The number of hydrogen-bond acceptors (Lipinski definition) is 6. The summed E-state index contributed by atoms with van der Waals surface area (Å²) in [4.78, 5) is 4.69. The number of furan rings is 1. The molecule has 118 valence electrons. The Hall–Kier alpha value is -2.44. The van der Waals surface area contributed by atoms with Gasteiger partial charge in [-0.15, -0.1) is 21.5 Å². The topological polar surface area (TPSA) is 51.8 Å². The van der Waals surface area contributed by atoms with E-state index in [1.807, 2.05) is 42.5 Å². The molecule has 24 heavy (non-hydrogen) atoms. The molecule has 0 unspecified atom stereocenters. The van der Waals surface area contributed by atoms with Crippen molar-refractivity contribution in [3.05, 3.63) is 71.9 Å². The van der Waals surface area contributed by atoms with Crippen LogP contribution >= 0.6 is 23.1 Å². The van der Waals surface area contributed by atoms with Crippen LogP contribution in [0.25, 0.3) is 22.0 Å². The van der Waals surface area contributed by atoms with E-state index in [1.54, 1.807) is 29.4 Å². The maximum Gasteiger partial charge on any atom is 0.154 e. The van der Waals surface area contributed by atoms with Crippen molar-refractivity contribution in [1.82, 2.24) is 15.2 Å². The molecule has 1 aromatic carbocycles. The Labute approximate surface area is 147 Å². The molecular formula is C18H13N3OS2. The third-order valence-corrected chi connectivity index (χ3v) is 5.25. The lowest BCUT2D eigenvalue weighted by Crippen LogP contribution is -1.89. The van der Waals surface area contributed by atoms with Crippen LogP contribution in [0.3, 0.4) is 0 Å². The predicted molar refractivity (Wildman–Crippen MR) is 96.8 cm³/mol. The predicted octanol–water partition coefficient (Wildman–Crippen LogP) is 5.15. The lowest BCUT2D eigenvalue weighted by molar-refractivity contribution is 0.578. The maximum absolute atomic E-state index is 5.32. The van der Waals surface area contributed by atoms with Gasteiger partial charge in [-0.25, -0.2) is 4.98 Å². The molecular weight excluding hydrogens is 338 g/mol. The van der Waals surface area contributed by atoms with E-state index in [0.717, 1.165) is 38.5 Å². The molecule has 3 heterocycles. The Bertz CT molecular complexity index is 903. The Kier molecular flexibility index (Phi) is 4.40. The summed E-state index contributed by atoms with van der Waals surface area (Å²) in [6.45, 7) is 0. The van der Waals surface area contributed by atoms with Gasteiger partial charge in [0, 0.05) is 16.7 Å². The van der Waals surface area contributed by atoms with Gasteiger partial charge in [-0.3, -0.25) is 0 Å². The largest absolute Gasteiger partial charge is 0.463 e. The third kappa shape index (κ3) is 3.39. The van der Waals surface area contributed by atoms with Crippen molar-refractivity contribution in [3.63, 3.8) is 0 Å². The summed E-state index contributed by atoms with van der Waals surface area (Å²) in [5.41, 5.74) is 2.95. The van der Waals surface area contributed by atoms with Crippen LogP contribution in [0.5, 0.6) is 0 Å². The van der Waals surface area contributed by atoms with Gasteiger partial charge in [0.25, 0.3) is 0 Å². The Morgan fingerprint density at radius 3 is 2.62 bits per heavy atom. The minimum Gasteiger partial charge on any atom is -0.463 e. The first-order valence-electron chi connectivity index (χ1n) is 7.39. The Morgan fingerprint density at radius 2 is 1.88 bits per heavy atom. The molecule has 0 spiro atoms. The Morgan fingerprint density at radius 1 is 0.958 bits per heavy atom. The van der Waals surface area contributed by atoms with Crippen molar-refractivity contribution in [2.45, 2.75) is 10.8 Å². The molecule has 0 radical (unpaired) electrons. The van der Waals surface area contributed by atoms with Gasteiger partial charge < -0.3 is 4.42 Å². The molecule has 0 aliphatic rings. The zero-order valence-electron chi connectivity index (χ0n) is 12.6. The quantitative estimate of drug-likeness (QED) is 0.465. The number of aromatic nitrogens is 3. The first kappa shape index (κ1) is 15.1. The summed E-state index contributed by atoms with van der Waals surface area (Å²) < 4.78 is 5.32. The van der Waals surface area contributed by atoms with Gasteiger partial charge in [0.15, 0.2) is 5.76 Å². The van der Waals surface area contributed by atoms with Gasteiger partial charge in [0.1, 0.15) is 15.7 Å². The van der Waals surface area contributed by atoms with E-state index in [4.69, 9.17) is 4.42 Å². The maximum atomic E-state index is 5.32. The number of hydrogen-bond donors (Lipinski definition) is 0. The van der Waals surface area contributed by atoms with Gasteiger partial charge in [-0.1, -0.05) is 42.1 Å². The van der Waals surface area contributed by atoms with Crippen molar-refractivity contribution in [2.75, 3.05) is 0 Å². The van der Waals surface area contributed by atoms with Crippen LogP contribution < -0.4 is 0 Å². The number of nitrogens with zero attached hydrogens (tertiary/aromatic N) is 3. The second-order valence-electron chi connectivity index (χ2n) is 5.03. The van der Waals surface area contributed by atoms with Crippen LogP contribution in [-0.4, -0.2) is 15.2 Å². The molecule has 0 fully saturated rings. The smallest absolute Gasteiger partial charge is 0.154 e. The fourth-order valence-corrected chi connectivity index (χ4v) is 3.83. The van der Waals surface area contributed by atoms with Crippen LogP contribution in [-0.2, 0) is 5.75 Å². The van der Waals surface area contributed by atoms with Gasteiger partial charge >= 0.3 is 0 Å². The monoisotopic (exact) mass is 351 g/mol. The minimum atomic E-state index is 0.728. The van der Waals surface area contributed by atoms with Crippen LogP contribution in [0.4, 0.5) is 0 Å². The van der Waals surface area contributed by atoms with Crippen molar-refractivity contribution in [2.24, 2.45) is 0 Å². The average Bonchev–Trinajstić information content (AvgIpc) is 3.33. The van der Waals surface area contributed by atoms with E-state index in [0.29, 0.717) is 0 Å². The molecule has 0 amide bonds. The lowest BCUT2D eigenvalue weighted by atomic mass is 10.2. The molecule has 0 aliphatic carbocycles. The summed E-state index contributed by atoms with van der Waals surface area (Å²) in [7, 11) is 0. The highest BCUT2D eigenvalue weighted by Crippen LogP contribution is 2.27. The molecule has 0 saturated carbocycles. The normalized spacial score (nSPS) is 10.8. The molecule has 4 rings (SSSR count). The third-order valence-electron chi connectivity index (χ3n) is 3.35. The number of benzene rings is 1. The lowest BCUT2D eigenvalue weighted by Gasteiger charge is -1.99. The van der Waals surface area contributed by atoms with E-state index in [2.05, 4.69) is 32.7 Å². The number of rotatable bonds is 5. The standard InChI is InChI=1S/C18H13N3OS2/c1-2-5-13(6-3-1)18-19-14(12-24-18)11-23-17-9-8-15(20-21-17)16-7-4-10-22-16/h1-10,12H,11H2. The van der Waals surface area contributed by atoms with Gasteiger partial charge in [-0.2, -0.15) is 0 Å². The molecule has 6 heteroatoms. The van der Waals surface area contributed by atoms with Crippen molar-refractivity contribution >= 4 is 23.1 Å². The van der Waals surface area contributed by atoms with E-state index in [1.165, 1.54) is 0 Å². The van der Waals surface area contributed by atoms with Crippen molar-refractivity contribution in [3.8, 4) is 22.0 Å². The molecule has 4 aromatic rings. The van der Waals surface area contributed by atoms with Crippen molar-refractivity contribution < 1.29 is 4.42 Å². The second kappa shape index (κ2) is 6.98. The highest BCUT2D eigenvalue weighted by atomic mass is 32.2. The summed E-state index contributed by atoms with van der Waals surface area (Å²) in [6.07, 6.45) is 1.63. The first-order chi connectivity index (χ1) is 11.9. The summed E-state index contributed by atoms with van der Waals surface area (Å²) >= 11 is 3.29. The number of thiazole rings is 1. The second-order valence-corrected chi connectivity index (χ2v) is 6.89. The molecule has 4 nitrogen and oxygen atoms in total. The van der Waals surface area contributed by atoms with Crippen LogP contribution in [0, 0.1) is 0 Å². The van der Waals surface area contributed by atoms with Crippen LogP contribution in [0.15, 0.2) is 75.7 Å². The summed E-state index contributed by atoms with van der Waals surface area (Å²) in [5.74, 6) is 1.50. The molecule has 0 aliphatic heterocycles. The molecule has 0 saturated heterocycles. The highest BCUT2D eigenvalue weighted by molar-refractivity contribution is 7.98. The van der Waals surface area contributed by atoms with E-state index < -0.39 is 0 Å². The zero-order chi connectivity index (χ0) is 16.2. The molecule has 0 atom stereocenters. The average molecular weight is 351 g/mol. The summed E-state index contributed by atoms with van der Waals surface area (Å²) in [5, 5.41) is 12.5. The minimum absolute atomic E-state index is 0.728. The van der Waals surface area contributed by atoms with Crippen molar-refractivity contribution in [1.29, 1.82) is 0 Å². The molecule has 0 N–H and O–H groups in total. The Balaban J connectivity index is 1.41. The molecule has 0 bridgehead atoms.